The third-order valence-corrected chi connectivity index (χ3v) is 5.11. The number of carbonyl (C=O) groups excluding carboxylic acids is 1. The van der Waals surface area contributed by atoms with Crippen LogP contribution in [0.15, 0.2) is 41.6 Å². The zero-order valence-corrected chi connectivity index (χ0v) is 16.5. The molecule has 3 aromatic heterocycles. The molecule has 0 aromatic carbocycles. The molecule has 0 aliphatic carbocycles. The fourth-order valence-electron chi connectivity index (χ4n) is 3.64. The highest BCUT2D eigenvalue weighted by molar-refractivity contribution is 5.97. The van der Waals surface area contributed by atoms with Crippen LogP contribution in [-0.4, -0.2) is 49.5 Å². The number of aromatic nitrogens is 4. The summed E-state index contributed by atoms with van der Waals surface area (Å²) in [6, 6.07) is 5.56. The molecule has 1 aliphatic heterocycles. The lowest BCUT2D eigenvalue weighted by atomic mass is 10.1. The predicted molar refractivity (Wildman–Crippen MR) is 108 cm³/mol. The molecule has 0 bridgehead atoms. The molecule has 4 rings (SSSR count). The van der Waals surface area contributed by atoms with Crippen LogP contribution in [0, 0.1) is 6.92 Å². The number of hydrogen-bond donors (Lipinski definition) is 0. The molecule has 150 valence electrons. The number of carbonyl (C=O) groups is 1. The Morgan fingerprint density at radius 1 is 1.28 bits per heavy atom. The number of likely N-dealkylation sites (tertiary alicyclic amines) is 1. The highest BCUT2D eigenvalue weighted by Gasteiger charge is 2.28. The third-order valence-electron chi connectivity index (χ3n) is 5.11. The highest BCUT2D eigenvalue weighted by Crippen LogP contribution is 2.18. The molecule has 8 nitrogen and oxygen atoms in total. The zero-order chi connectivity index (χ0) is 20.4. The summed E-state index contributed by atoms with van der Waals surface area (Å²) in [5.74, 6) is -0.276. The summed E-state index contributed by atoms with van der Waals surface area (Å²) in [7, 11) is 0. The van der Waals surface area contributed by atoms with Crippen LogP contribution in [0.4, 0.5) is 0 Å². The Morgan fingerprint density at radius 2 is 2.07 bits per heavy atom. The van der Waals surface area contributed by atoms with E-state index in [-0.39, 0.29) is 23.0 Å². The first-order chi connectivity index (χ1) is 14.1. The van der Waals surface area contributed by atoms with E-state index in [9.17, 15) is 9.59 Å². The van der Waals surface area contributed by atoms with Crippen molar-refractivity contribution in [3.8, 4) is 6.01 Å². The predicted octanol–water partition coefficient (Wildman–Crippen LogP) is 2.20. The van der Waals surface area contributed by atoms with E-state index in [2.05, 4.69) is 15.0 Å². The van der Waals surface area contributed by atoms with E-state index in [0.29, 0.717) is 36.7 Å². The van der Waals surface area contributed by atoms with Crippen LogP contribution in [0.2, 0.25) is 0 Å². The molecule has 1 atom stereocenters. The van der Waals surface area contributed by atoms with E-state index in [1.165, 1.54) is 0 Å². The van der Waals surface area contributed by atoms with Gasteiger partial charge in [0.1, 0.15) is 17.3 Å². The largest absolute Gasteiger partial charge is 0.458 e. The normalized spacial score (nSPS) is 16.8. The molecule has 8 heteroatoms. The average molecular weight is 393 g/mol. The van der Waals surface area contributed by atoms with Gasteiger partial charge in [0, 0.05) is 37.4 Å². The summed E-state index contributed by atoms with van der Waals surface area (Å²) in [4.78, 5) is 40.5. The molecule has 1 saturated heterocycles. The van der Waals surface area contributed by atoms with Crippen LogP contribution in [0.3, 0.4) is 0 Å². The summed E-state index contributed by atoms with van der Waals surface area (Å²) in [5.41, 5.74) is 1.32. The Labute approximate surface area is 168 Å². The van der Waals surface area contributed by atoms with Crippen molar-refractivity contribution in [2.45, 2.75) is 39.3 Å². The van der Waals surface area contributed by atoms with Gasteiger partial charge < -0.3 is 14.2 Å². The number of piperidine rings is 1. The Kier molecular flexibility index (Phi) is 5.24. The van der Waals surface area contributed by atoms with Gasteiger partial charge in [-0.1, -0.05) is 0 Å². The molecule has 3 aromatic rings. The second-order valence-corrected chi connectivity index (χ2v) is 7.15. The number of amides is 1. The summed E-state index contributed by atoms with van der Waals surface area (Å²) < 4.78 is 7.67. The van der Waals surface area contributed by atoms with E-state index >= 15 is 0 Å². The zero-order valence-electron chi connectivity index (χ0n) is 16.5. The van der Waals surface area contributed by atoms with Gasteiger partial charge in [-0.2, -0.15) is 0 Å². The first-order valence-electron chi connectivity index (χ1n) is 9.80. The maximum Gasteiger partial charge on any atom is 0.316 e. The van der Waals surface area contributed by atoms with Crippen LogP contribution >= 0.6 is 0 Å². The second-order valence-electron chi connectivity index (χ2n) is 7.15. The molecule has 1 unspecified atom stereocenters. The third kappa shape index (κ3) is 3.83. The number of rotatable bonds is 4. The Bertz CT molecular complexity index is 1100. The van der Waals surface area contributed by atoms with Crippen molar-refractivity contribution in [1.29, 1.82) is 0 Å². The standard InChI is InChI=1S/C21H23N5O3/c1-3-25-13-17(18(27)16-8-7-14(2)24-19(16)25)20(28)26-11-4-6-15(12-26)29-21-22-9-5-10-23-21/h5,7-10,13,15H,3-4,6,11-12H2,1-2H3. The monoisotopic (exact) mass is 393 g/mol. The molecular formula is C21H23N5O3. The summed E-state index contributed by atoms with van der Waals surface area (Å²) in [5, 5.41) is 0.464. The molecule has 1 aliphatic rings. The van der Waals surface area contributed by atoms with E-state index in [1.807, 2.05) is 18.4 Å². The number of ether oxygens (including phenoxy) is 1. The Hall–Kier alpha value is -3.29. The van der Waals surface area contributed by atoms with Crippen LogP contribution in [0.5, 0.6) is 6.01 Å². The van der Waals surface area contributed by atoms with Gasteiger partial charge in [-0.15, -0.1) is 0 Å². The SMILES string of the molecule is CCn1cc(C(=O)N2CCCC(Oc3ncccn3)C2)c(=O)c2ccc(C)nc21. The number of nitrogens with zero attached hydrogens (tertiary/aromatic N) is 5. The van der Waals surface area contributed by atoms with Gasteiger partial charge in [0.25, 0.3) is 5.91 Å². The average Bonchev–Trinajstić information content (AvgIpc) is 2.74. The van der Waals surface area contributed by atoms with Gasteiger partial charge >= 0.3 is 6.01 Å². The lowest BCUT2D eigenvalue weighted by Gasteiger charge is -2.32. The van der Waals surface area contributed by atoms with Crippen LogP contribution in [0.25, 0.3) is 11.0 Å². The topological polar surface area (TPSA) is 90.2 Å². The van der Waals surface area contributed by atoms with Crippen LogP contribution < -0.4 is 10.2 Å². The molecule has 1 amide bonds. The van der Waals surface area contributed by atoms with E-state index in [1.54, 1.807) is 41.7 Å². The Morgan fingerprint density at radius 3 is 2.83 bits per heavy atom. The quantitative estimate of drug-likeness (QED) is 0.675. The van der Waals surface area contributed by atoms with Crippen molar-refractivity contribution < 1.29 is 9.53 Å². The Balaban J connectivity index is 1.62. The fraction of sp³-hybridized carbons (Fsp3) is 0.381. The first-order valence-corrected chi connectivity index (χ1v) is 9.80. The van der Waals surface area contributed by atoms with E-state index < -0.39 is 0 Å². The van der Waals surface area contributed by atoms with Gasteiger partial charge in [-0.3, -0.25) is 9.59 Å². The molecule has 0 N–H and O–H groups in total. The van der Waals surface area contributed by atoms with E-state index in [4.69, 9.17) is 4.74 Å². The number of pyridine rings is 2. The van der Waals surface area contributed by atoms with E-state index in [0.717, 1.165) is 18.5 Å². The van der Waals surface area contributed by atoms with Crippen LogP contribution in [-0.2, 0) is 6.54 Å². The molecule has 0 saturated carbocycles. The van der Waals surface area contributed by atoms with Gasteiger partial charge in [0.15, 0.2) is 0 Å². The number of aryl methyl sites for hydroxylation is 2. The minimum Gasteiger partial charge on any atom is -0.458 e. The van der Waals surface area contributed by atoms with Gasteiger partial charge in [0.2, 0.25) is 5.43 Å². The fourth-order valence-corrected chi connectivity index (χ4v) is 3.64. The maximum atomic E-state index is 13.2. The summed E-state index contributed by atoms with van der Waals surface area (Å²) in [6.45, 7) is 5.45. The van der Waals surface area contributed by atoms with Gasteiger partial charge in [0.05, 0.1) is 11.9 Å². The van der Waals surface area contributed by atoms with Crippen molar-refractivity contribution >= 4 is 16.9 Å². The molecule has 4 heterocycles. The molecule has 0 radical (unpaired) electrons. The van der Waals surface area contributed by atoms with Crippen molar-refractivity contribution in [3.63, 3.8) is 0 Å². The minimum atomic E-state index is -0.281. The van der Waals surface area contributed by atoms with Gasteiger partial charge in [-0.25, -0.2) is 15.0 Å². The van der Waals surface area contributed by atoms with Crippen molar-refractivity contribution in [3.05, 3.63) is 58.3 Å². The van der Waals surface area contributed by atoms with Crippen LogP contribution in [0.1, 0.15) is 35.8 Å². The molecule has 29 heavy (non-hydrogen) atoms. The van der Waals surface area contributed by atoms with Gasteiger partial charge in [-0.05, 0) is 44.9 Å². The lowest BCUT2D eigenvalue weighted by molar-refractivity contribution is 0.0514. The smallest absolute Gasteiger partial charge is 0.316 e. The molecule has 1 fully saturated rings. The summed E-state index contributed by atoms with van der Waals surface area (Å²) in [6.07, 6.45) is 6.26. The first kappa shape index (κ1) is 19.0. The summed E-state index contributed by atoms with van der Waals surface area (Å²) >= 11 is 0. The van der Waals surface area contributed by atoms with Crippen molar-refractivity contribution in [2.75, 3.05) is 13.1 Å². The number of hydrogen-bond acceptors (Lipinski definition) is 6. The maximum absolute atomic E-state index is 13.2. The second kappa shape index (κ2) is 7.98. The molecule has 0 spiro atoms. The van der Waals surface area contributed by atoms with Crippen molar-refractivity contribution in [1.82, 2.24) is 24.4 Å². The van der Waals surface area contributed by atoms with Crippen molar-refractivity contribution in [2.24, 2.45) is 0 Å². The minimum absolute atomic E-state index is 0.168. The molecular weight excluding hydrogens is 370 g/mol. The lowest BCUT2D eigenvalue weighted by Crippen LogP contribution is -2.45. The highest BCUT2D eigenvalue weighted by atomic mass is 16.5. The number of fused-ring (bicyclic) bond motifs is 1.